The summed E-state index contributed by atoms with van der Waals surface area (Å²) in [5, 5.41) is 0.449. The number of amides is 1. The van der Waals surface area contributed by atoms with Gasteiger partial charge in [-0.15, -0.1) is 0 Å². The van der Waals surface area contributed by atoms with E-state index in [1.807, 2.05) is 13.8 Å². The normalized spacial score (nSPS) is 24.1. The third-order valence-electron chi connectivity index (χ3n) is 3.52. The van der Waals surface area contributed by atoms with E-state index >= 15 is 0 Å². The van der Waals surface area contributed by atoms with Crippen LogP contribution in [0.3, 0.4) is 0 Å². The molecule has 19 heavy (non-hydrogen) atoms. The van der Waals surface area contributed by atoms with Crippen LogP contribution in [0, 0.1) is 5.82 Å². The summed E-state index contributed by atoms with van der Waals surface area (Å²) in [6.07, 6.45) is 0.983. The number of hydrogen-bond donors (Lipinski definition) is 1. The van der Waals surface area contributed by atoms with Crippen LogP contribution >= 0.6 is 11.6 Å². The van der Waals surface area contributed by atoms with Gasteiger partial charge in [0.1, 0.15) is 5.82 Å². The fraction of sp³-hybridized carbons (Fsp3) is 0.500. The molecule has 0 aromatic heterocycles. The SMILES string of the molecule is CC(C)N1C(=O)CCC(N)C1c1cc(Cl)ccc1F. The molecule has 5 heteroatoms. The van der Waals surface area contributed by atoms with Gasteiger partial charge in [-0.2, -0.15) is 0 Å². The lowest BCUT2D eigenvalue weighted by Gasteiger charge is -2.42. The second-order valence-corrected chi connectivity index (χ2v) is 5.64. The average molecular weight is 285 g/mol. The van der Waals surface area contributed by atoms with Crippen molar-refractivity contribution in [2.45, 2.75) is 44.8 Å². The van der Waals surface area contributed by atoms with E-state index in [0.29, 0.717) is 23.4 Å². The molecule has 2 rings (SSSR count). The summed E-state index contributed by atoms with van der Waals surface area (Å²) in [5.41, 5.74) is 6.52. The van der Waals surface area contributed by atoms with E-state index in [1.54, 1.807) is 11.0 Å². The maximum atomic E-state index is 14.0. The van der Waals surface area contributed by atoms with E-state index in [4.69, 9.17) is 17.3 Å². The minimum absolute atomic E-state index is 0.0149. The zero-order valence-electron chi connectivity index (χ0n) is 11.1. The Kier molecular flexibility index (Phi) is 4.11. The highest BCUT2D eigenvalue weighted by atomic mass is 35.5. The van der Waals surface area contributed by atoms with Crippen LogP contribution in [0.15, 0.2) is 18.2 Å². The summed E-state index contributed by atoms with van der Waals surface area (Å²) in [6.45, 7) is 3.82. The molecule has 2 atom stereocenters. The van der Waals surface area contributed by atoms with Gasteiger partial charge < -0.3 is 10.6 Å². The number of nitrogens with two attached hydrogens (primary N) is 1. The predicted octanol–water partition coefficient (Wildman–Crippen LogP) is 2.88. The molecule has 0 bridgehead atoms. The number of piperidine rings is 1. The summed E-state index contributed by atoms with van der Waals surface area (Å²) < 4.78 is 14.0. The molecular formula is C14H18ClFN2O. The Hall–Kier alpha value is -1.13. The van der Waals surface area contributed by atoms with Crippen LogP contribution in [0.5, 0.6) is 0 Å². The van der Waals surface area contributed by atoms with Crippen molar-refractivity contribution in [3.05, 3.63) is 34.6 Å². The first-order valence-corrected chi connectivity index (χ1v) is 6.81. The molecule has 104 valence electrons. The van der Waals surface area contributed by atoms with Crippen molar-refractivity contribution in [1.29, 1.82) is 0 Å². The monoisotopic (exact) mass is 284 g/mol. The first kappa shape index (κ1) is 14.3. The highest BCUT2D eigenvalue weighted by Gasteiger charge is 2.37. The molecule has 1 aromatic carbocycles. The zero-order chi connectivity index (χ0) is 14.2. The molecule has 2 unspecified atom stereocenters. The lowest BCUT2D eigenvalue weighted by atomic mass is 9.89. The Labute approximate surface area is 117 Å². The predicted molar refractivity (Wildman–Crippen MR) is 73.3 cm³/mol. The lowest BCUT2D eigenvalue weighted by molar-refractivity contribution is -0.139. The second kappa shape index (κ2) is 5.47. The summed E-state index contributed by atoms with van der Waals surface area (Å²) in [5.74, 6) is -0.355. The molecule has 1 heterocycles. The molecule has 1 saturated heterocycles. The van der Waals surface area contributed by atoms with Gasteiger partial charge in [-0.3, -0.25) is 4.79 Å². The number of rotatable bonds is 2. The maximum absolute atomic E-state index is 14.0. The van der Waals surface area contributed by atoms with Gasteiger partial charge in [-0.25, -0.2) is 4.39 Å². The lowest BCUT2D eigenvalue weighted by Crippen LogP contribution is -2.51. The van der Waals surface area contributed by atoms with Crippen LogP contribution in [0.1, 0.15) is 38.3 Å². The molecular weight excluding hydrogens is 267 g/mol. The number of carbonyl (C=O) groups is 1. The minimum Gasteiger partial charge on any atom is -0.332 e. The fourth-order valence-electron chi connectivity index (χ4n) is 2.67. The van der Waals surface area contributed by atoms with Crippen molar-refractivity contribution in [3.63, 3.8) is 0 Å². The first-order valence-electron chi connectivity index (χ1n) is 6.43. The Morgan fingerprint density at radius 2 is 2.16 bits per heavy atom. The summed E-state index contributed by atoms with van der Waals surface area (Å²) in [6, 6.07) is 3.64. The number of benzene rings is 1. The van der Waals surface area contributed by atoms with Crippen LogP contribution in [-0.4, -0.2) is 22.9 Å². The zero-order valence-corrected chi connectivity index (χ0v) is 11.8. The summed E-state index contributed by atoms with van der Waals surface area (Å²) in [7, 11) is 0. The first-order chi connectivity index (χ1) is 8.91. The van der Waals surface area contributed by atoms with E-state index in [9.17, 15) is 9.18 Å². The van der Waals surface area contributed by atoms with Gasteiger partial charge in [-0.1, -0.05) is 11.6 Å². The maximum Gasteiger partial charge on any atom is 0.223 e. The highest BCUT2D eigenvalue weighted by molar-refractivity contribution is 6.30. The van der Waals surface area contributed by atoms with Crippen molar-refractivity contribution in [2.75, 3.05) is 0 Å². The van der Waals surface area contributed by atoms with Gasteiger partial charge in [-0.05, 0) is 38.5 Å². The van der Waals surface area contributed by atoms with Crippen molar-refractivity contribution in [3.8, 4) is 0 Å². The third kappa shape index (κ3) is 2.74. The van der Waals surface area contributed by atoms with E-state index in [-0.39, 0.29) is 23.8 Å². The molecule has 0 aliphatic carbocycles. The van der Waals surface area contributed by atoms with E-state index in [0.717, 1.165) is 0 Å². The van der Waals surface area contributed by atoms with Crippen molar-refractivity contribution in [1.82, 2.24) is 4.90 Å². The van der Waals surface area contributed by atoms with Gasteiger partial charge in [0, 0.05) is 29.1 Å². The molecule has 1 fully saturated rings. The molecule has 1 aliphatic rings. The highest BCUT2D eigenvalue weighted by Crippen LogP contribution is 2.35. The Bertz CT molecular complexity index is 492. The summed E-state index contributed by atoms with van der Waals surface area (Å²) in [4.78, 5) is 13.7. The smallest absolute Gasteiger partial charge is 0.223 e. The van der Waals surface area contributed by atoms with Gasteiger partial charge in [0.15, 0.2) is 0 Å². The number of carbonyl (C=O) groups excluding carboxylic acids is 1. The Balaban J connectivity index is 2.48. The number of hydrogen-bond acceptors (Lipinski definition) is 2. The van der Waals surface area contributed by atoms with Crippen molar-refractivity contribution >= 4 is 17.5 Å². The van der Waals surface area contributed by atoms with Crippen LogP contribution in [-0.2, 0) is 4.79 Å². The topological polar surface area (TPSA) is 46.3 Å². The van der Waals surface area contributed by atoms with Crippen molar-refractivity contribution in [2.24, 2.45) is 5.73 Å². The largest absolute Gasteiger partial charge is 0.332 e. The molecule has 1 amide bonds. The average Bonchev–Trinajstić information content (AvgIpc) is 2.34. The van der Waals surface area contributed by atoms with E-state index in [2.05, 4.69) is 0 Å². The van der Waals surface area contributed by atoms with Gasteiger partial charge >= 0.3 is 0 Å². The number of nitrogens with zero attached hydrogens (tertiary/aromatic N) is 1. The van der Waals surface area contributed by atoms with Crippen LogP contribution in [0.2, 0.25) is 5.02 Å². The Morgan fingerprint density at radius 1 is 1.47 bits per heavy atom. The quantitative estimate of drug-likeness (QED) is 0.908. The van der Waals surface area contributed by atoms with Gasteiger partial charge in [0.2, 0.25) is 5.91 Å². The van der Waals surface area contributed by atoms with Crippen LogP contribution in [0.4, 0.5) is 4.39 Å². The Morgan fingerprint density at radius 3 is 2.79 bits per heavy atom. The minimum atomic E-state index is -0.444. The van der Waals surface area contributed by atoms with E-state index in [1.165, 1.54) is 12.1 Å². The molecule has 0 saturated carbocycles. The van der Waals surface area contributed by atoms with Crippen LogP contribution < -0.4 is 5.73 Å². The van der Waals surface area contributed by atoms with Gasteiger partial charge in [0.25, 0.3) is 0 Å². The van der Waals surface area contributed by atoms with Crippen molar-refractivity contribution < 1.29 is 9.18 Å². The molecule has 0 radical (unpaired) electrons. The van der Waals surface area contributed by atoms with Crippen LogP contribution in [0.25, 0.3) is 0 Å². The number of halogens is 2. The standard InChI is InChI=1S/C14H18ClFN2O/c1-8(2)18-13(19)6-5-12(17)14(18)10-7-9(15)3-4-11(10)16/h3-4,7-8,12,14H,5-6,17H2,1-2H3. The van der Waals surface area contributed by atoms with E-state index < -0.39 is 6.04 Å². The number of likely N-dealkylation sites (tertiary alicyclic amines) is 1. The second-order valence-electron chi connectivity index (χ2n) is 5.21. The third-order valence-corrected chi connectivity index (χ3v) is 3.75. The molecule has 1 aliphatic heterocycles. The van der Waals surface area contributed by atoms with Gasteiger partial charge in [0.05, 0.1) is 6.04 Å². The molecule has 3 nitrogen and oxygen atoms in total. The fourth-order valence-corrected chi connectivity index (χ4v) is 2.85. The molecule has 0 spiro atoms. The summed E-state index contributed by atoms with van der Waals surface area (Å²) >= 11 is 5.94. The molecule has 1 aromatic rings. The molecule has 2 N–H and O–H groups in total.